The van der Waals surface area contributed by atoms with Crippen LogP contribution in [0.3, 0.4) is 0 Å². The Hall–Kier alpha value is -2.11. The lowest BCUT2D eigenvalue weighted by Gasteiger charge is -2.19. The standard InChI is InChI=1S/C15H17ClN4O/c1-9-6-10(2)8-11(7-9)20(3)15(21)14-12(16)4-5-13(18-14)19-17/h4-8H,17H2,1-3H3,(H,18,19). The molecule has 0 spiro atoms. The molecule has 1 aromatic carbocycles. The van der Waals surface area contributed by atoms with E-state index in [2.05, 4.69) is 10.4 Å². The molecule has 0 aliphatic rings. The highest BCUT2D eigenvalue weighted by atomic mass is 35.5. The van der Waals surface area contributed by atoms with E-state index in [-0.39, 0.29) is 16.6 Å². The number of rotatable bonds is 3. The van der Waals surface area contributed by atoms with Crippen molar-refractivity contribution in [3.8, 4) is 0 Å². The second kappa shape index (κ2) is 6.11. The molecule has 5 nitrogen and oxygen atoms in total. The Balaban J connectivity index is 2.39. The number of anilines is 2. The summed E-state index contributed by atoms with van der Waals surface area (Å²) >= 11 is 6.06. The van der Waals surface area contributed by atoms with E-state index in [0.29, 0.717) is 5.82 Å². The molecule has 2 rings (SSSR count). The van der Waals surface area contributed by atoms with Crippen LogP contribution in [-0.4, -0.2) is 17.9 Å². The number of hydrogen-bond donors (Lipinski definition) is 2. The van der Waals surface area contributed by atoms with Gasteiger partial charge in [0, 0.05) is 12.7 Å². The first kappa shape index (κ1) is 15.3. The first-order valence-electron chi connectivity index (χ1n) is 6.42. The Morgan fingerprint density at radius 1 is 1.24 bits per heavy atom. The third-order valence-electron chi connectivity index (χ3n) is 3.09. The molecule has 0 aliphatic heterocycles. The molecule has 2 aromatic rings. The van der Waals surface area contributed by atoms with Gasteiger partial charge < -0.3 is 10.3 Å². The summed E-state index contributed by atoms with van der Waals surface area (Å²) < 4.78 is 0. The maximum absolute atomic E-state index is 12.6. The van der Waals surface area contributed by atoms with Crippen molar-refractivity contribution in [1.82, 2.24) is 4.98 Å². The number of carbonyl (C=O) groups excluding carboxylic acids is 1. The smallest absolute Gasteiger partial charge is 0.278 e. The van der Waals surface area contributed by atoms with Crippen LogP contribution in [0, 0.1) is 13.8 Å². The first-order chi connectivity index (χ1) is 9.92. The quantitative estimate of drug-likeness (QED) is 0.675. The fraction of sp³-hybridized carbons (Fsp3) is 0.200. The fourth-order valence-corrected chi connectivity index (χ4v) is 2.28. The number of nitrogens with one attached hydrogen (secondary N) is 1. The third kappa shape index (κ3) is 3.32. The molecule has 0 fully saturated rings. The SMILES string of the molecule is Cc1cc(C)cc(N(C)C(=O)c2nc(NN)ccc2Cl)c1. The zero-order valence-corrected chi connectivity index (χ0v) is 12.9. The number of carbonyl (C=O) groups is 1. The number of hydrogen-bond acceptors (Lipinski definition) is 4. The van der Waals surface area contributed by atoms with Crippen molar-refractivity contribution in [2.24, 2.45) is 5.84 Å². The lowest BCUT2D eigenvalue weighted by molar-refractivity contribution is 0.0988. The van der Waals surface area contributed by atoms with Gasteiger partial charge in [-0.15, -0.1) is 0 Å². The molecule has 1 heterocycles. The van der Waals surface area contributed by atoms with Crippen LogP contribution in [-0.2, 0) is 0 Å². The minimum Gasteiger partial charge on any atom is -0.310 e. The number of pyridine rings is 1. The van der Waals surface area contributed by atoms with E-state index in [1.54, 1.807) is 19.2 Å². The van der Waals surface area contributed by atoms with Crippen molar-refractivity contribution >= 4 is 29.0 Å². The summed E-state index contributed by atoms with van der Waals surface area (Å²) in [6.45, 7) is 3.97. The van der Waals surface area contributed by atoms with Gasteiger partial charge in [-0.05, 0) is 49.2 Å². The van der Waals surface area contributed by atoms with Gasteiger partial charge in [0.1, 0.15) is 11.5 Å². The van der Waals surface area contributed by atoms with E-state index in [9.17, 15) is 4.79 Å². The average molecular weight is 305 g/mol. The predicted octanol–water partition coefficient (Wildman–Crippen LogP) is 2.91. The number of aromatic nitrogens is 1. The minimum absolute atomic E-state index is 0.161. The maximum atomic E-state index is 12.6. The molecule has 3 N–H and O–H groups in total. The molecule has 6 heteroatoms. The number of nitrogen functional groups attached to an aromatic ring is 1. The van der Waals surface area contributed by atoms with Gasteiger partial charge in [-0.25, -0.2) is 10.8 Å². The van der Waals surface area contributed by atoms with Gasteiger partial charge in [0.25, 0.3) is 5.91 Å². The summed E-state index contributed by atoms with van der Waals surface area (Å²) in [6, 6.07) is 9.11. The number of aryl methyl sites for hydroxylation is 2. The zero-order valence-electron chi connectivity index (χ0n) is 12.1. The van der Waals surface area contributed by atoms with E-state index in [0.717, 1.165) is 16.8 Å². The molecule has 1 aromatic heterocycles. The lowest BCUT2D eigenvalue weighted by atomic mass is 10.1. The van der Waals surface area contributed by atoms with Gasteiger partial charge in [-0.2, -0.15) is 0 Å². The normalized spacial score (nSPS) is 10.3. The molecule has 0 saturated heterocycles. The number of hydrazine groups is 1. The molecular formula is C15H17ClN4O. The Morgan fingerprint density at radius 3 is 2.43 bits per heavy atom. The van der Waals surface area contributed by atoms with Gasteiger partial charge in [0.15, 0.2) is 0 Å². The number of halogens is 1. The number of nitrogens with two attached hydrogens (primary N) is 1. The highest BCUT2D eigenvalue weighted by molar-refractivity contribution is 6.34. The van der Waals surface area contributed by atoms with E-state index < -0.39 is 0 Å². The van der Waals surface area contributed by atoms with E-state index >= 15 is 0 Å². The fourth-order valence-electron chi connectivity index (χ4n) is 2.09. The summed E-state index contributed by atoms with van der Waals surface area (Å²) in [5.41, 5.74) is 5.53. The largest absolute Gasteiger partial charge is 0.310 e. The van der Waals surface area contributed by atoms with Crippen molar-refractivity contribution in [3.63, 3.8) is 0 Å². The van der Waals surface area contributed by atoms with Crippen LogP contribution in [0.4, 0.5) is 11.5 Å². The molecule has 0 atom stereocenters. The summed E-state index contributed by atoms with van der Waals surface area (Å²) in [4.78, 5) is 18.2. The number of nitrogens with zero attached hydrogens (tertiary/aromatic N) is 2. The van der Waals surface area contributed by atoms with Crippen LogP contribution >= 0.6 is 11.6 Å². The summed E-state index contributed by atoms with van der Waals surface area (Å²) in [5, 5.41) is 0.287. The second-order valence-electron chi connectivity index (χ2n) is 4.88. The van der Waals surface area contributed by atoms with Gasteiger partial charge >= 0.3 is 0 Å². The highest BCUT2D eigenvalue weighted by Crippen LogP contribution is 2.22. The molecular weight excluding hydrogens is 288 g/mol. The number of amides is 1. The molecule has 0 radical (unpaired) electrons. The minimum atomic E-state index is -0.290. The molecule has 0 unspecified atom stereocenters. The summed E-state index contributed by atoms with van der Waals surface area (Å²) in [5.74, 6) is 5.41. The van der Waals surface area contributed by atoms with E-state index in [4.69, 9.17) is 17.4 Å². The van der Waals surface area contributed by atoms with Gasteiger partial charge in [0.05, 0.1) is 5.02 Å². The lowest BCUT2D eigenvalue weighted by Crippen LogP contribution is -2.28. The average Bonchev–Trinajstić information content (AvgIpc) is 2.45. The van der Waals surface area contributed by atoms with Crippen LogP contribution in [0.15, 0.2) is 30.3 Å². The molecule has 0 aliphatic carbocycles. The predicted molar refractivity (Wildman–Crippen MR) is 85.7 cm³/mol. The van der Waals surface area contributed by atoms with Crippen molar-refractivity contribution in [1.29, 1.82) is 0 Å². The van der Waals surface area contributed by atoms with Crippen molar-refractivity contribution in [2.75, 3.05) is 17.4 Å². The van der Waals surface area contributed by atoms with Crippen LogP contribution in [0.5, 0.6) is 0 Å². The Morgan fingerprint density at radius 2 is 1.86 bits per heavy atom. The summed E-state index contributed by atoms with van der Waals surface area (Å²) in [6.07, 6.45) is 0. The van der Waals surface area contributed by atoms with Crippen molar-refractivity contribution in [2.45, 2.75) is 13.8 Å². The second-order valence-corrected chi connectivity index (χ2v) is 5.29. The maximum Gasteiger partial charge on any atom is 0.278 e. The van der Waals surface area contributed by atoms with E-state index in [1.165, 1.54) is 4.90 Å². The Kier molecular flexibility index (Phi) is 4.45. The monoisotopic (exact) mass is 304 g/mol. The highest BCUT2D eigenvalue weighted by Gasteiger charge is 2.19. The van der Waals surface area contributed by atoms with Crippen LogP contribution < -0.4 is 16.2 Å². The number of benzene rings is 1. The van der Waals surface area contributed by atoms with Crippen molar-refractivity contribution < 1.29 is 4.79 Å². The first-order valence-corrected chi connectivity index (χ1v) is 6.79. The molecule has 21 heavy (non-hydrogen) atoms. The van der Waals surface area contributed by atoms with Crippen LogP contribution in [0.1, 0.15) is 21.6 Å². The zero-order chi connectivity index (χ0) is 15.6. The van der Waals surface area contributed by atoms with Crippen LogP contribution in [0.25, 0.3) is 0 Å². The van der Waals surface area contributed by atoms with Gasteiger partial charge in [-0.1, -0.05) is 17.7 Å². The van der Waals surface area contributed by atoms with E-state index in [1.807, 2.05) is 32.0 Å². The molecule has 110 valence electrons. The van der Waals surface area contributed by atoms with Gasteiger partial charge in [-0.3, -0.25) is 4.79 Å². The molecule has 1 amide bonds. The topological polar surface area (TPSA) is 71.2 Å². The Bertz CT molecular complexity index is 667. The Labute approximate surface area is 128 Å². The third-order valence-corrected chi connectivity index (χ3v) is 3.40. The van der Waals surface area contributed by atoms with Crippen molar-refractivity contribution in [3.05, 3.63) is 52.2 Å². The summed E-state index contributed by atoms with van der Waals surface area (Å²) in [7, 11) is 1.69. The molecule has 0 bridgehead atoms. The molecule has 0 saturated carbocycles. The van der Waals surface area contributed by atoms with Crippen LogP contribution in [0.2, 0.25) is 5.02 Å². The van der Waals surface area contributed by atoms with Gasteiger partial charge in [0.2, 0.25) is 0 Å².